The number of hydrogen-bond acceptors (Lipinski definition) is 7. The van der Waals surface area contributed by atoms with Gasteiger partial charge < -0.3 is 37.6 Å². The lowest BCUT2D eigenvalue weighted by molar-refractivity contribution is -0.144. The SMILES string of the molecule is CC(C)C[C@H](NC(=O)[C@H](CC(=O)O)NC(=O)[C@H](CC(N)=O)NC(=O)[C@@H](N)C(C)C)C(=O)O. The number of hydrogen-bond donors (Lipinski definition) is 7. The van der Waals surface area contributed by atoms with Crippen molar-refractivity contribution in [2.24, 2.45) is 23.3 Å². The largest absolute Gasteiger partial charge is 0.481 e. The summed E-state index contributed by atoms with van der Waals surface area (Å²) in [5.74, 6) is -6.93. The molecule has 32 heavy (non-hydrogen) atoms. The van der Waals surface area contributed by atoms with Crippen LogP contribution >= 0.6 is 0 Å². The Balaban J connectivity index is 5.56. The van der Waals surface area contributed by atoms with Crippen molar-refractivity contribution in [1.29, 1.82) is 0 Å². The number of carbonyl (C=O) groups is 6. The summed E-state index contributed by atoms with van der Waals surface area (Å²) in [6, 6.07) is -5.48. The smallest absolute Gasteiger partial charge is 0.326 e. The first kappa shape index (κ1) is 28.8. The normalized spacial score (nSPS) is 14.7. The minimum Gasteiger partial charge on any atom is -0.481 e. The van der Waals surface area contributed by atoms with E-state index in [0.717, 1.165) is 0 Å². The number of aliphatic carboxylic acids is 2. The van der Waals surface area contributed by atoms with Crippen LogP contribution in [0.2, 0.25) is 0 Å². The number of amides is 4. The van der Waals surface area contributed by atoms with Gasteiger partial charge in [0.05, 0.1) is 18.9 Å². The molecular weight excluding hydrogens is 426 g/mol. The molecule has 0 aliphatic rings. The summed E-state index contributed by atoms with van der Waals surface area (Å²) in [7, 11) is 0. The summed E-state index contributed by atoms with van der Waals surface area (Å²) in [6.07, 6.45) is -1.43. The molecule has 0 saturated heterocycles. The standard InChI is InChI=1S/C19H33N5O8/c1-8(2)5-12(19(31)32)24-17(29)11(7-14(26)27)22-16(28)10(6-13(20)25)23-18(30)15(21)9(3)4/h8-12,15H,5-7,21H2,1-4H3,(H2,20,25)(H,22,28)(H,23,30)(H,24,29)(H,26,27)(H,31,32)/t10-,11-,12-,15-/m0/s1. The summed E-state index contributed by atoms with van der Waals surface area (Å²) < 4.78 is 0. The first-order chi connectivity index (χ1) is 14.6. The van der Waals surface area contributed by atoms with Crippen LogP contribution in [0.15, 0.2) is 0 Å². The van der Waals surface area contributed by atoms with Gasteiger partial charge in [0.2, 0.25) is 23.6 Å². The van der Waals surface area contributed by atoms with Crippen molar-refractivity contribution >= 4 is 35.6 Å². The molecule has 0 aromatic carbocycles. The second kappa shape index (κ2) is 13.2. The van der Waals surface area contributed by atoms with E-state index in [4.69, 9.17) is 16.6 Å². The maximum absolute atomic E-state index is 12.6. The zero-order valence-corrected chi connectivity index (χ0v) is 18.6. The Morgan fingerprint density at radius 1 is 0.750 bits per heavy atom. The summed E-state index contributed by atoms with van der Waals surface area (Å²) in [5.41, 5.74) is 10.8. The first-order valence-corrected chi connectivity index (χ1v) is 10.0. The van der Waals surface area contributed by atoms with Crippen molar-refractivity contribution in [2.45, 2.75) is 71.1 Å². The predicted molar refractivity (Wildman–Crippen MR) is 112 cm³/mol. The van der Waals surface area contributed by atoms with Gasteiger partial charge in [-0.2, -0.15) is 0 Å². The number of nitrogens with two attached hydrogens (primary N) is 2. The molecule has 0 aromatic heterocycles. The quantitative estimate of drug-likeness (QED) is 0.151. The van der Waals surface area contributed by atoms with E-state index in [1.54, 1.807) is 27.7 Å². The van der Waals surface area contributed by atoms with Gasteiger partial charge in [0.15, 0.2) is 0 Å². The van der Waals surface area contributed by atoms with Crippen LogP contribution in [0.25, 0.3) is 0 Å². The first-order valence-electron chi connectivity index (χ1n) is 10.0. The Morgan fingerprint density at radius 2 is 1.19 bits per heavy atom. The number of nitrogens with one attached hydrogen (secondary N) is 3. The van der Waals surface area contributed by atoms with Crippen LogP contribution < -0.4 is 27.4 Å². The van der Waals surface area contributed by atoms with Gasteiger partial charge in [0.25, 0.3) is 0 Å². The molecule has 0 aliphatic carbocycles. The molecule has 0 aromatic rings. The minimum atomic E-state index is -1.67. The lowest BCUT2D eigenvalue weighted by Gasteiger charge is -2.25. The molecular formula is C19H33N5O8. The maximum atomic E-state index is 12.6. The van der Waals surface area contributed by atoms with E-state index in [1.165, 1.54) is 0 Å². The molecule has 13 nitrogen and oxygen atoms in total. The highest BCUT2D eigenvalue weighted by atomic mass is 16.4. The second-order valence-electron chi connectivity index (χ2n) is 8.19. The predicted octanol–water partition coefficient (Wildman–Crippen LogP) is -2.10. The van der Waals surface area contributed by atoms with Crippen molar-refractivity contribution in [3.8, 4) is 0 Å². The molecule has 0 spiro atoms. The Bertz CT molecular complexity index is 725. The third-order valence-corrected chi connectivity index (χ3v) is 4.39. The van der Waals surface area contributed by atoms with Crippen LogP contribution in [0, 0.1) is 11.8 Å². The number of rotatable bonds is 14. The van der Waals surface area contributed by atoms with Crippen molar-refractivity contribution in [3.63, 3.8) is 0 Å². The maximum Gasteiger partial charge on any atom is 0.326 e. The van der Waals surface area contributed by atoms with E-state index < -0.39 is 72.6 Å². The monoisotopic (exact) mass is 459 g/mol. The average molecular weight is 460 g/mol. The fourth-order valence-electron chi connectivity index (χ4n) is 2.60. The Morgan fingerprint density at radius 3 is 1.56 bits per heavy atom. The molecule has 0 radical (unpaired) electrons. The van der Waals surface area contributed by atoms with E-state index >= 15 is 0 Å². The number of carbonyl (C=O) groups excluding carboxylic acids is 4. The van der Waals surface area contributed by atoms with Gasteiger partial charge in [-0.25, -0.2) is 4.79 Å². The molecule has 0 heterocycles. The highest BCUT2D eigenvalue weighted by Crippen LogP contribution is 2.07. The van der Waals surface area contributed by atoms with Crippen LogP contribution in [0.5, 0.6) is 0 Å². The van der Waals surface area contributed by atoms with Gasteiger partial charge in [-0.1, -0.05) is 27.7 Å². The highest BCUT2D eigenvalue weighted by Gasteiger charge is 2.32. The Labute approximate surface area is 185 Å². The van der Waals surface area contributed by atoms with Crippen molar-refractivity contribution < 1.29 is 39.0 Å². The molecule has 0 unspecified atom stereocenters. The third kappa shape index (κ3) is 10.7. The van der Waals surface area contributed by atoms with Gasteiger partial charge in [-0.3, -0.25) is 24.0 Å². The van der Waals surface area contributed by atoms with Crippen LogP contribution in [0.3, 0.4) is 0 Å². The molecule has 13 heteroatoms. The van der Waals surface area contributed by atoms with Gasteiger partial charge in [0, 0.05) is 0 Å². The molecule has 0 fully saturated rings. The van der Waals surface area contributed by atoms with E-state index in [2.05, 4.69) is 16.0 Å². The number of carboxylic acids is 2. The molecule has 0 saturated carbocycles. The molecule has 4 atom stereocenters. The lowest BCUT2D eigenvalue weighted by Crippen LogP contribution is -2.58. The molecule has 0 aliphatic heterocycles. The van der Waals surface area contributed by atoms with E-state index in [0.29, 0.717) is 0 Å². The number of carboxylic acid groups (broad SMARTS) is 2. The molecule has 0 bridgehead atoms. The van der Waals surface area contributed by atoms with Crippen LogP contribution in [-0.2, 0) is 28.8 Å². The third-order valence-electron chi connectivity index (χ3n) is 4.39. The minimum absolute atomic E-state index is 0.0717. The van der Waals surface area contributed by atoms with Crippen molar-refractivity contribution in [2.75, 3.05) is 0 Å². The van der Waals surface area contributed by atoms with E-state index in [-0.39, 0.29) is 18.3 Å². The van der Waals surface area contributed by atoms with E-state index in [1.807, 2.05) is 0 Å². The summed E-state index contributed by atoms with van der Waals surface area (Å²) in [5, 5.41) is 25.0. The van der Waals surface area contributed by atoms with Gasteiger partial charge >= 0.3 is 11.9 Å². The van der Waals surface area contributed by atoms with Crippen LogP contribution in [-0.4, -0.2) is 69.9 Å². The topological polar surface area (TPSA) is 231 Å². The molecule has 182 valence electrons. The van der Waals surface area contributed by atoms with Crippen molar-refractivity contribution in [3.05, 3.63) is 0 Å². The summed E-state index contributed by atoms with van der Waals surface area (Å²) >= 11 is 0. The second-order valence-corrected chi connectivity index (χ2v) is 8.19. The summed E-state index contributed by atoms with van der Waals surface area (Å²) in [4.78, 5) is 71.2. The van der Waals surface area contributed by atoms with Gasteiger partial charge in [-0.15, -0.1) is 0 Å². The van der Waals surface area contributed by atoms with Crippen LogP contribution in [0.1, 0.15) is 47.0 Å². The average Bonchev–Trinajstić information content (AvgIpc) is 2.64. The van der Waals surface area contributed by atoms with E-state index in [9.17, 15) is 33.9 Å². The molecule has 4 amide bonds. The fraction of sp³-hybridized carbons (Fsp3) is 0.684. The highest BCUT2D eigenvalue weighted by molar-refractivity contribution is 5.97. The molecule has 0 rings (SSSR count). The zero-order chi connectivity index (χ0) is 25.2. The van der Waals surface area contributed by atoms with Crippen LogP contribution in [0.4, 0.5) is 0 Å². The van der Waals surface area contributed by atoms with Gasteiger partial charge in [0.1, 0.15) is 18.1 Å². The Kier molecular flexibility index (Phi) is 11.9. The molecule has 9 N–H and O–H groups in total. The lowest BCUT2D eigenvalue weighted by atomic mass is 10.0. The fourth-order valence-corrected chi connectivity index (χ4v) is 2.60. The number of primary amides is 1. The van der Waals surface area contributed by atoms with Gasteiger partial charge in [-0.05, 0) is 18.3 Å². The zero-order valence-electron chi connectivity index (χ0n) is 18.6. The van der Waals surface area contributed by atoms with Crippen molar-refractivity contribution in [1.82, 2.24) is 16.0 Å². The summed E-state index contributed by atoms with van der Waals surface area (Å²) in [6.45, 7) is 6.79. The Hall–Kier alpha value is -3.22.